The smallest absolute Gasteiger partial charge is 0.0760 e. The molecule has 0 saturated heterocycles. The van der Waals surface area contributed by atoms with Crippen molar-refractivity contribution in [3.8, 4) is 0 Å². The summed E-state index contributed by atoms with van der Waals surface area (Å²) < 4.78 is 0. The number of likely N-dealkylation sites (N-methyl/N-ethyl adjacent to an activating group) is 1. The Morgan fingerprint density at radius 3 is 2.50 bits per heavy atom. The van der Waals surface area contributed by atoms with Crippen LogP contribution in [0.5, 0.6) is 0 Å². The van der Waals surface area contributed by atoms with Crippen molar-refractivity contribution in [2.75, 3.05) is 20.6 Å². The van der Waals surface area contributed by atoms with Crippen molar-refractivity contribution in [2.45, 2.75) is 49.5 Å². The summed E-state index contributed by atoms with van der Waals surface area (Å²) in [6.45, 7) is 0.875. The number of nitrogens with zero attached hydrogens (tertiary/aromatic N) is 1. The lowest BCUT2D eigenvalue weighted by Crippen LogP contribution is -2.63. The number of rotatable bonds is 3. The van der Waals surface area contributed by atoms with Gasteiger partial charge in [-0.25, -0.2) is 0 Å². The second-order valence-electron chi connectivity index (χ2n) is 6.86. The fourth-order valence-electron chi connectivity index (χ4n) is 4.39. The van der Waals surface area contributed by atoms with Gasteiger partial charge in [0.15, 0.2) is 0 Å². The molecule has 0 aromatic heterocycles. The Morgan fingerprint density at radius 1 is 1.20 bits per heavy atom. The second-order valence-corrected chi connectivity index (χ2v) is 7.27. The lowest BCUT2D eigenvalue weighted by atomic mass is 9.52. The van der Waals surface area contributed by atoms with Crippen LogP contribution in [0.1, 0.15) is 43.2 Å². The van der Waals surface area contributed by atoms with Gasteiger partial charge in [0, 0.05) is 17.0 Å². The Hall–Kier alpha value is -0.570. The summed E-state index contributed by atoms with van der Waals surface area (Å²) in [6, 6.07) is 6.14. The molecule has 2 nitrogen and oxygen atoms in total. The first-order valence-electron chi connectivity index (χ1n) is 7.64. The third-order valence-electron chi connectivity index (χ3n) is 5.23. The Kier molecular flexibility index (Phi) is 3.60. The van der Waals surface area contributed by atoms with Crippen LogP contribution in [-0.4, -0.2) is 36.2 Å². The van der Waals surface area contributed by atoms with E-state index in [1.54, 1.807) is 0 Å². The van der Waals surface area contributed by atoms with Gasteiger partial charge in [-0.05, 0) is 50.6 Å². The van der Waals surface area contributed by atoms with Gasteiger partial charge in [0.25, 0.3) is 0 Å². The molecule has 2 aliphatic rings. The third-order valence-corrected chi connectivity index (χ3v) is 5.54. The molecule has 1 fully saturated rings. The first-order valence-corrected chi connectivity index (χ1v) is 8.01. The summed E-state index contributed by atoms with van der Waals surface area (Å²) in [5.74, 6) is 0. The van der Waals surface area contributed by atoms with Gasteiger partial charge in [-0.1, -0.05) is 43.0 Å². The lowest BCUT2D eigenvalue weighted by Gasteiger charge is -2.57. The Balaban J connectivity index is 2.06. The minimum absolute atomic E-state index is 0.176. The Bertz CT molecular complexity index is 493. The zero-order valence-electron chi connectivity index (χ0n) is 12.5. The fourth-order valence-corrected chi connectivity index (χ4v) is 4.77. The zero-order valence-corrected chi connectivity index (χ0v) is 13.2. The molecule has 0 bridgehead atoms. The normalized spacial score (nSPS) is 28.1. The highest BCUT2D eigenvalue weighted by Crippen LogP contribution is 2.55. The minimum Gasteiger partial charge on any atom is -0.389 e. The van der Waals surface area contributed by atoms with Crippen molar-refractivity contribution in [3.05, 3.63) is 34.3 Å². The molecule has 0 aliphatic heterocycles. The molecule has 1 unspecified atom stereocenters. The number of aliphatic hydroxyl groups is 1. The molecule has 0 amide bonds. The van der Waals surface area contributed by atoms with Crippen molar-refractivity contribution in [1.82, 2.24) is 4.90 Å². The summed E-state index contributed by atoms with van der Waals surface area (Å²) in [7, 11) is 4.17. The average molecular weight is 294 g/mol. The van der Waals surface area contributed by atoms with Crippen molar-refractivity contribution in [3.63, 3.8) is 0 Å². The molecule has 2 aliphatic carbocycles. The zero-order chi connectivity index (χ0) is 14.4. The second kappa shape index (κ2) is 5.01. The summed E-state index contributed by atoms with van der Waals surface area (Å²) in [4.78, 5) is 2.19. The molecular formula is C17H24ClNO. The molecule has 0 radical (unpaired) electrons. The molecule has 20 heavy (non-hydrogen) atoms. The molecular weight excluding hydrogens is 270 g/mol. The maximum absolute atomic E-state index is 11.4. The third kappa shape index (κ3) is 2.01. The highest BCUT2D eigenvalue weighted by Gasteiger charge is 2.58. The lowest BCUT2D eigenvalue weighted by molar-refractivity contribution is -0.0869. The molecule has 110 valence electrons. The topological polar surface area (TPSA) is 23.5 Å². The van der Waals surface area contributed by atoms with Crippen molar-refractivity contribution >= 4 is 11.6 Å². The molecule has 1 aromatic carbocycles. The van der Waals surface area contributed by atoms with Crippen LogP contribution in [0, 0.1) is 0 Å². The van der Waals surface area contributed by atoms with Gasteiger partial charge in [0.2, 0.25) is 0 Å². The molecule has 0 heterocycles. The van der Waals surface area contributed by atoms with E-state index in [9.17, 15) is 5.11 Å². The van der Waals surface area contributed by atoms with E-state index < -0.39 is 5.60 Å². The van der Waals surface area contributed by atoms with Crippen LogP contribution in [0.3, 0.4) is 0 Å². The number of fused-ring (bicyclic) bond motifs is 1. The molecule has 1 aromatic rings. The van der Waals surface area contributed by atoms with E-state index in [0.29, 0.717) is 0 Å². The van der Waals surface area contributed by atoms with E-state index >= 15 is 0 Å². The van der Waals surface area contributed by atoms with E-state index in [1.165, 1.54) is 17.5 Å². The van der Waals surface area contributed by atoms with E-state index in [4.69, 9.17) is 11.6 Å². The predicted molar refractivity (Wildman–Crippen MR) is 83.4 cm³/mol. The summed E-state index contributed by atoms with van der Waals surface area (Å²) >= 11 is 6.48. The standard InChI is InChI=1S/C17H24ClNO/c1-19(2)12-16(17(20)9-4-3-5-10-17)11-13-7-6-8-14(18)15(13)16/h6-8,20H,3-5,9-12H2,1-2H3. The summed E-state index contributed by atoms with van der Waals surface area (Å²) in [6.07, 6.45) is 6.28. The fraction of sp³-hybridized carbons (Fsp3) is 0.647. The van der Waals surface area contributed by atoms with Gasteiger partial charge in [0.1, 0.15) is 0 Å². The van der Waals surface area contributed by atoms with Crippen molar-refractivity contribution in [2.24, 2.45) is 0 Å². The van der Waals surface area contributed by atoms with Crippen molar-refractivity contribution in [1.29, 1.82) is 0 Å². The highest BCUT2D eigenvalue weighted by atomic mass is 35.5. The first kappa shape index (κ1) is 14.4. The van der Waals surface area contributed by atoms with Gasteiger partial charge in [0.05, 0.1) is 5.60 Å². The minimum atomic E-state index is -0.590. The molecule has 0 spiro atoms. The van der Waals surface area contributed by atoms with Crippen LogP contribution in [0.25, 0.3) is 0 Å². The SMILES string of the molecule is CN(C)CC1(C2(O)CCCCC2)Cc2cccc(Cl)c21. The van der Waals surface area contributed by atoms with Crippen LogP contribution in [0.4, 0.5) is 0 Å². The molecule has 1 N–H and O–H groups in total. The van der Waals surface area contributed by atoms with Gasteiger partial charge in [-0.2, -0.15) is 0 Å². The van der Waals surface area contributed by atoms with E-state index in [1.807, 2.05) is 12.1 Å². The van der Waals surface area contributed by atoms with Gasteiger partial charge in [-0.15, -0.1) is 0 Å². The predicted octanol–water partition coefficient (Wildman–Crippen LogP) is 3.39. The van der Waals surface area contributed by atoms with Crippen LogP contribution in [-0.2, 0) is 11.8 Å². The van der Waals surface area contributed by atoms with Crippen molar-refractivity contribution < 1.29 is 5.11 Å². The number of hydrogen-bond donors (Lipinski definition) is 1. The molecule has 1 saturated carbocycles. The molecule has 1 atom stereocenters. The average Bonchev–Trinajstić information content (AvgIpc) is 2.35. The number of halogens is 1. The molecule has 3 heteroatoms. The van der Waals surface area contributed by atoms with Crippen LogP contribution in [0.2, 0.25) is 5.02 Å². The van der Waals surface area contributed by atoms with E-state index in [-0.39, 0.29) is 5.41 Å². The Labute approximate surface area is 126 Å². The molecule has 3 rings (SSSR count). The van der Waals surface area contributed by atoms with E-state index in [0.717, 1.165) is 43.7 Å². The van der Waals surface area contributed by atoms with Gasteiger partial charge >= 0.3 is 0 Å². The quantitative estimate of drug-likeness (QED) is 0.923. The number of hydrogen-bond acceptors (Lipinski definition) is 2. The van der Waals surface area contributed by atoms with Crippen LogP contribution < -0.4 is 0 Å². The maximum Gasteiger partial charge on any atom is 0.0760 e. The Morgan fingerprint density at radius 2 is 1.90 bits per heavy atom. The van der Waals surface area contributed by atoms with E-state index in [2.05, 4.69) is 25.1 Å². The van der Waals surface area contributed by atoms with Crippen LogP contribution >= 0.6 is 11.6 Å². The first-order chi connectivity index (χ1) is 9.48. The van der Waals surface area contributed by atoms with Gasteiger partial charge in [-0.3, -0.25) is 0 Å². The number of benzene rings is 1. The monoisotopic (exact) mass is 293 g/mol. The van der Waals surface area contributed by atoms with Gasteiger partial charge < -0.3 is 10.0 Å². The summed E-state index contributed by atoms with van der Waals surface area (Å²) in [5, 5.41) is 12.2. The van der Waals surface area contributed by atoms with Crippen LogP contribution in [0.15, 0.2) is 18.2 Å². The highest BCUT2D eigenvalue weighted by molar-refractivity contribution is 6.31. The maximum atomic E-state index is 11.4. The summed E-state index contributed by atoms with van der Waals surface area (Å²) in [5.41, 5.74) is 1.76. The largest absolute Gasteiger partial charge is 0.389 e.